The molecular formula is C32H27BrN2O6. The first-order valence-electron chi connectivity index (χ1n) is 13.0. The van der Waals surface area contributed by atoms with Crippen LogP contribution in [0.15, 0.2) is 88.9 Å². The maximum absolute atomic E-state index is 13.4. The average molecular weight is 615 g/mol. The molecule has 1 N–H and O–H groups in total. The highest BCUT2D eigenvalue weighted by Crippen LogP contribution is 2.38. The van der Waals surface area contributed by atoms with E-state index in [0.717, 1.165) is 27.7 Å². The molecule has 4 aromatic rings. The summed E-state index contributed by atoms with van der Waals surface area (Å²) in [6.45, 7) is 2.85. The number of benzene rings is 4. The zero-order valence-electron chi connectivity index (χ0n) is 22.5. The highest BCUT2D eigenvalue weighted by molar-refractivity contribution is 9.10. The summed E-state index contributed by atoms with van der Waals surface area (Å²) in [4.78, 5) is 39.6. The Bertz CT molecular complexity index is 1660. The average Bonchev–Trinajstić information content (AvgIpc) is 2.98. The first-order valence-corrected chi connectivity index (χ1v) is 13.8. The van der Waals surface area contributed by atoms with Crippen LogP contribution in [0.1, 0.15) is 24.5 Å². The van der Waals surface area contributed by atoms with E-state index < -0.39 is 17.8 Å². The molecule has 0 saturated carbocycles. The van der Waals surface area contributed by atoms with E-state index >= 15 is 0 Å². The van der Waals surface area contributed by atoms with Gasteiger partial charge in [0.05, 0.1) is 23.9 Å². The number of amides is 4. The van der Waals surface area contributed by atoms with Gasteiger partial charge in [0.25, 0.3) is 11.8 Å². The molecule has 9 heteroatoms. The lowest BCUT2D eigenvalue weighted by Crippen LogP contribution is -2.54. The van der Waals surface area contributed by atoms with Crippen molar-refractivity contribution < 1.29 is 28.6 Å². The largest absolute Gasteiger partial charge is 0.494 e. The van der Waals surface area contributed by atoms with Gasteiger partial charge in [-0.1, -0.05) is 49.4 Å². The third-order valence-corrected chi connectivity index (χ3v) is 7.07. The molecule has 0 radical (unpaired) electrons. The number of rotatable bonds is 9. The zero-order valence-corrected chi connectivity index (χ0v) is 24.1. The van der Waals surface area contributed by atoms with Crippen molar-refractivity contribution in [2.75, 3.05) is 18.6 Å². The molecule has 41 heavy (non-hydrogen) atoms. The molecular weight excluding hydrogens is 588 g/mol. The van der Waals surface area contributed by atoms with E-state index in [-0.39, 0.29) is 5.57 Å². The Morgan fingerprint density at radius 1 is 0.927 bits per heavy atom. The Balaban J connectivity index is 1.40. The molecule has 0 unspecified atom stereocenters. The molecule has 1 aliphatic rings. The Morgan fingerprint density at radius 3 is 2.44 bits per heavy atom. The fourth-order valence-electron chi connectivity index (χ4n) is 4.50. The van der Waals surface area contributed by atoms with E-state index in [4.69, 9.17) is 14.2 Å². The Kier molecular flexibility index (Phi) is 8.35. The first-order chi connectivity index (χ1) is 19.9. The highest BCUT2D eigenvalue weighted by atomic mass is 79.9. The number of nitrogens with one attached hydrogen (secondary N) is 1. The molecule has 1 fully saturated rings. The zero-order chi connectivity index (χ0) is 28.9. The van der Waals surface area contributed by atoms with Crippen molar-refractivity contribution in [3.63, 3.8) is 0 Å². The van der Waals surface area contributed by atoms with E-state index in [9.17, 15) is 14.4 Å². The van der Waals surface area contributed by atoms with E-state index in [0.29, 0.717) is 46.2 Å². The molecule has 0 atom stereocenters. The maximum atomic E-state index is 13.4. The molecule has 1 aliphatic heterocycles. The van der Waals surface area contributed by atoms with E-state index in [1.165, 1.54) is 13.2 Å². The molecule has 4 aromatic carbocycles. The van der Waals surface area contributed by atoms with Gasteiger partial charge in [-0.2, -0.15) is 0 Å². The fourth-order valence-corrected chi connectivity index (χ4v) is 5.08. The third-order valence-electron chi connectivity index (χ3n) is 6.48. The lowest BCUT2D eigenvalue weighted by Gasteiger charge is -2.26. The van der Waals surface area contributed by atoms with Gasteiger partial charge in [-0.25, -0.2) is 9.69 Å². The second kappa shape index (κ2) is 12.3. The number of carbonyl (C=O) groups is 3. The van der Waals surface area contributed by atoms with Crippen molar-refractivity contribution in [2.45, 2.75) is 20.0 Å². The third kappa shape index (κ3) is 5.95. The number of carbonyl (C=O) groups excluding carboxylic acids is 3. The second-order valence-corrected chi connectivity index (χ2v) is 10.1. The summed E-state index contributed by atoms with van der Waals surface area (Å²) in [5.41, 5.74) is 1.63. The summed E-state index contributed by atoms with van der Waals surface area (Å²) in [6.07, 6.45) is 2.26. The predicted molar refractivity (Wildman–Crippen MR) is 160 cm³/mol. The van der Waals surface area contributed by atoms with E-state index in [1.54, 1.807) is 36.4 Å². The van der Waals surface area contributed by atoms with Gasteiger partial charge in [-0.15, -0.1) is 0 Å². The highest BCUT2D eigenvalue weighted by Gasteiger charge is 2.37. The summed E-state index contributed by atoms with van der Waals surface area (Å²) >= 11 is 3.54. The number of halogens is 1. The number of urea groups is 1. The number of hydrogen-bond donors (Lipinski definition) is 1. The van der Waals surface area contributed by atoms with Crippen LogP contribution in [-0.4, -0.2) is 31.6 Å². The number of anilines is 1. The van der Waals surface area contributed by atoms with Crippen LogP contribution in [0.5, 0.6) is 17.2 Å². The summed E-state index contributed by atoms with van der Waals surface area (Å²) < 4.78 is 17.9. The fraction of sp³-hybridized carbons (Fsp3) is 0.156. The van der Waals surface area contributed by atoms with Crippen LogP contribution < -0.4 is 24.4 Å². The number of hydrogen-bond acceptors (Lipinski definition) is 6. The number of fused-ring (bicyclic) bond motifs is 1. The molecule has 4 amide bonds. The van der Waals surface area contributed by atoms with Gasteiger partial charge in [-0.3, -0.25) is 14.9 Å². The molecule has 0 spiro atoms. The van der Waals surface area contributed by atoms with Crippen LogP contribution >= 0.6 is 15.9 Å². The van der Waals surface area contributed by atoms with Gasteiger partial charge in [0.1, 0.15) is 17.9 Å². The van der Waals surface area contributed by atoms with Crippen molar-refractivity contribution in [3.05, 3.63) is 100 Å². The lowest BCUT2D eigenvalue weighted by molar-refractivity contribution is -0.122. The molecule has 0 bridgehead atoms. The quantitative estimate of drug-likeness (QED) is 0.168. The number of ether oxygens (including phenoxy) is 3. The van der Waals surface area contributed by atoms with Crippen LogP contribution in [0.2, 0.25) is 0 Å². The van der Waals surface area contributed by atoms with Crippen molar-refractivity contribution in [2.24, 2.45) is 0 Å². The predicted octanol–water partition coefficient (Wildman–Crippen LogP) is 6.65. The summed E-state index contributed by atoms with van der Waals surface area (Å²) in [6, 6.07) is 23.2. The van der Waals surface area contributed by atoms with Gasteiger partial charge in [0.2, 0.25) is 0 Å². The minimum absolute atomic E-state index is 0.200. The summed E-state index contributed by atoms with van der Waals surface area (Å²) in [5.74, 6) is -0.0280. The Hall–Kier alpha value is -4.63. The van der Waals surface area contributed by atoms with Crippen molar-refractivity contribution in [3.8, 4) is 17.2 Å². The minimum atomic E-state index is -0.824. The van der Waals surface area contributed by atoms with Crippen LogP contribution in [0.3, 0.4) is 0 Å². The number of barbiturate groups is 1. The van der Waals surface area contributed by atoms with E-state index in [1.807, 2.05) is 49.4 Å². The molecule has 1 heterocycles. The van der Waals surface area contributed by atoms with Gasteiger partial charge in [0.15, 0.2) is 11.5 Å². The molecule has 0 aliphatic carbocycles. The van der Waals surface area contributed by atoms with Crippen molar-refractivity contribution in [1.29, 1.82) is 0 Å². The monoisotopic (exact) mass is 614 g/mol. The smallest absolute Gasteiger partial charge is 0.335 e. The van der Waals surface area contributed by atoms with Crippen LogP contribution in [0.25, 0.3) is 16.8 Å². The van der Waals surface area contributed by atoms with Gasteiger partial charge in [-0.05, 0) is 86.7 Å². The molecule has 1 saturated heterocycles. The van der Waals surface area contributed by atoms with Crippen LogP contribution in [-0.2, 0) is 16.2 Å². The molecule has 8 nitrogen and oxygen atoms in total. The lowest BCUT2D eigenvalue weighted by atomic mass is 10.1. The molecule has 5 rings (SSSR count). The maximum Gasteiger partial charge on any atom is 0.335 e. The molecule has 0 aromatic heterocycles. The standard InChI is InChI=1S/C32H27BrN2O6/c1-3-15-40-24-13-11-23(12-14-24)35-31(37)26(30(36)34-32(35)38)16-20-17-27(33)29(28(18-20)39-2)41-19-22-9-6-8-21-7-4-5-10-25(21)22/h4-14,16-18H,3,15,19H2,1-2H3,(H,34,36,38)/b26-16-. The van der Waals surface area contributed by atoms with Gasteiger partial charge in [0, 0.05) is 0 Å². The number of methoxy groups -OCH3 is 1. The SMILES string of the molecule is CCCOc1ccc(N2C(=O)NC(=O)/C(=C/c3cc(Br)c(OCc4cccc5ccccc45)c(OC)c3)C2=O)cc1. The minimum Gasteiger partial charge on any atom is -0.494 e. The second-order valence-electron chi connectivity index (χ2n) is 9.26. The van der Waals surface area contributed by atoms with Crippen molar-refractivity contribution in [1.82, 2.24) is 5.32 Å². The topological polar surface area (TPSA) is 94.2 Å². The number of imide groups is 2. The number of nitrogens with zero attached hydrogens (tertiary/aromatic N) is 1. The molecule has 208 valence electrons. The summed E-state index contributed by atoms with van der Waals surface area (Å²) in [7, 11) is 1.51. The Morgan fingerprint density at radius 2 is 1.68 bits per heavy atom. The first kappa shape index (κ1) is 27.9. The Labute approximate surface area is 245 Å². The van der Waals surface area contributed by atoms with Gasteiger partial charge >= 0.3 is 6.03 Å². The summed E-state index contributed by atoms with van der Waals surface area (Å²) in [5, 5.41) is 4.45. The van der Waals surface area contributed by atoms with Crippen LogP contribution in [0.4, 0.5) is 10.5 Å². The van der Waals surface area contributed by atoms with Crippen molar-refractivity contribution >= 4 is 56.3 Å². The van der Waals surface area contributed by atoms with Gasteiger partial charge < -0.3 is 14.2 Å². The van der Waals surface area contributed by atoms with Crippen LogP contribution in [0, 0.1) is 0 Å². The van der Waals surface area contributed by atoms with E-state index in [2.05, 4.69) is 21.2 Å². The normalized spacial score (nSPS) is 14.4.